The summed E-state index contributed by atoms with van der Waals surface area (Å²) in [6.45, 7) is 1.85. The van der Waals surface area contributed by atoms with Crippen molar-refractivity contribution in [1.82, 2.24) is 0 Å². The van der Waals surface area contributed by atoms with Crippen LogP contribution in [0.1, 0.15) is 23.7 Å². The molecule has 1 atom stereocenters. The van der Waals surface area contributed by atoms with Crippen LogP contribution in [0, 0.1) is 17.2 Å². The standard InChI is InChI=1S/C9H9NOS/c1-2-7(5-10)9(11)8-3-4-12-6-8/h3-4,6-7H,2H2,1H3. The van der Waals surface area contributed by atoms with E-state index in [1.165, 1.54) is 11.3 Å². The van der Waals surface area contributed by atoms with Gasteiger partial charge in [0.2, 0.25) is 0 Å². The largest absolute Gasteiger partial charge is 0.293 e. The van der Waals surface area contributed by atoms with Gasteiger partial charge in [-0.05, 0) is 17.9 Å². The summed E-state index contributed by atoms with van der Waals surface area (Å²) < 4.78 is 0. The van der Waals surface area contributed by atoms with Crippen LogP contribution in [0.3, 0.4) is 0 Å². The van der Waals surface area contributed by atoms with Gasteiger partial charge in [0, 0.05) is 10.9 Å². The highest BCUT2D eigenvalue weighted by Crippen LogP contribution is 2.14. The number of nitrogens with zero attached hydrogens (tertiary/aromatic N) is 1. The molecule has 0 bridgehead atoms. The molecule has 0 aliphatic rings. The lowest BCUT2D eigenvalue weighted by Gasteiger charge is -2.01. The van der Waals surface area contributed by atoms with Crippen LogP contribution in [-0.2, 0) is 0 Å². The monoisotopic (exact) mass is 179 g/mol. The van der Waals surface area contributed by atoms with Crippen LogP contribution in [0.15, 0.2) is 16.8 Å². The molecular weight excluding hydrogens is 170 g/mol. The van der Waals surface area contributed by atoms with Crippen LogP contribution in [-0.4, -0.2) is 5.78 Å². The average Bonchev–Trinajstić information content (AvgIpc) is 2.58. The maximum Gasteiger partial charge on any atom is 0.180 e. The molecule has 1 aromatic heterocycles. The molecule has 0 fully saturated rings. The molecule has 62 valence electrons. The van der Waals surface area contributed by atoms with Crippen molar-refractivity contribution < 1.29 is 4.79 Å². The normalized spacial score (nSPS) is 12.0. The van der Waals surface area contributed by atoms with E-state index in [-0.39, 0.29) is 5.78 Å². The van der Waals surface area contributed by atoms with Gasteiger partial charge >= 0.3 is 0 Å². The topological polar surface area (TPSA) is 40.9 Å². The van der Waals surface area contributed by atoms with Gasteiger partial charge in [0.1, 0.15) is 5.92 Å². The lowest BCUT2D eigenvalue weighted by atomic mass is 9.99. The minimum atomic E-state index is -0.473. The fourth-order valence-corrected chi connectivity index (χ4v) is 1.59. The first-order valence-corrected chi connectivity index (χ1v) is 4.70. The van der Waals surface area contributed by atoms with E-state index in [0.29, 0.717) is 12.0 Å². The van der Waals surface area contributed by atoms with Crippen molar-refractivity contribution in [3.8, 4) is 6.07 Å². The van der Waals surface area contributed by atoms with Gasteiger partial charge in [-0.3, -0.25) is 4.79 Å². The van der Waals surface area contributed by atoms with E-state index in [0.717, 1.165) is 0 Å². The molecule has 12 heavy (non-hydrogen) atoms. The minimum Gasteiger partial charge on any atom is -0.293 e. The number of rotatable bonds is 3. The summed E-state index contributed by atoms with van der Waals surface area (Å²) in [5, 5.41) is 12.3. The van der Waals surface area contributed by atoms with Crippen molar-refractivity contribution in [2.75, 3.05) is 0 Å². The van der Waals surface area contributed by atoms with Crippen molar-refractivity contribution in [3.63, 3.8) is 0 Å². The van der Waals surface area contributed by atoms with Crippen LogP contribution in [0.5, 0.6) is 0 Å². The second-order valence-electron chi connectivity index (χ2n) is 2.47. The third kappa shape index (κ3) is 1.72. The lowest BCUT2D eigenvalue weighted by molar-refractivity contribution is 0.0947. The maximum absolute atomic E-state index is 11.5. The molecule has 1 rings (SSSR count). The molecule has 0 amide bonds. The number of thiophene rings is 1. The first-order chi connectivity index (χ1) is 5.79. The van der Waals surface area contributed by atoms with Gasteiger partial charge in [0.15, 0.2) is 5.78 Å². The van der Waals surface area contributed by atoms with Crippen molar-refractivity contribution in [3.05, 3.63) is 22.4 Å². The second kappa shape index (κ2) is 4.03. The van der Waals surface area contributed by atoms with E-state index in [4.69, 9.17) is 5.26 Å². The van der Waals surface area contributed by atoms with E-state index < -0.39 is 5.92 Å². The van der Waals surface area contributed by atoms with Crippen molar-refractivity contribution in [2.45, 2.75) is 13.3 Å². The number of ketones is 1. The predicted molar refractivity (Wildman–Crippen MR) is 48.0 cm³/mol. The van der Waals surface area contributed by atoms with Crippen LogP contribution >= 0.6 is 11.3 Å². The fraction of sp³-hybridized carbons (Fsp3) is 0.333. The molecule has 3 heteroatoms. The van der Waals surface area contributed by atoms with E-state index in [1.807, 2.05) is 18.4 Å². The molecular formula is C9H9NOS. The molecule has 2 nitrogen and oxygen atoms in total. The summed E-state index contributed by atoms with van der Waals surface area (Å²) in [6.07, 6.45) is 0.588. The number of hydrogen-bond donors (Lipinski definition) is 0. The van der Waals surface area contributed by atoms with E-state index in [2.05, 4.69) is 0 Å². The lowest BCUT2D eigenvalue weighted by Crippen LogP contribution is -2.10. The molecule has 0 saturated carbocycles. The third-order valence-electron chi connectivity index (χ3n) is 1.69. The van der Waals surface area contributed by atoms with Gasteiger partial charge < -0.3 is 0 Å². The summed E-state index contributed by atoms with van der Waals surface area (Å²) in [5.41, 5.74) is 0.661. The van der Waals surface area contributed by atoms with Crippen molar-refractivity contribution >= 4 is 17.1 Å². The first-order valence-electron chi connectivity index (χ1n) is 3.75. The molecule has 0 saturated heterocycles. The Labute approximate surface area is 75.5 Å². The van der Waals surface area contributed by atoms with Gasteiger partial charge in [-0.25, -0.2) is 0 Å². The molecule has 1 aromatic rings. The highest BCUT2D eigenvalue weighted by atomic mass is 32.1. The summed E-state index contributed by atoms with van der Waals surface area (Å²) in [7, 11) is 0. The first kappa shape index (κ1) is 8.95. The molecule has 0 radical (unpaired) electrons. The van der Waals surface area contributed by atoms with Crippen LogP contribution in [0.25, 0.3) is 0 Å². The van der Waals surface area contributed by atoms with E-state index in [9.17, 15) is 4.79 Å². The van der Waals surface area contributed by atoms with Gasteiger partial charge in [-0.2, -0.15) is 16.6 Å². The molecule has 0 N–H and O–H groups in total. The van der Waals surface area contributed by atoms with Gasteiger partial charge in [-0.1, -0.05) is 6.92 Å². The number of hydrogen-bond acceptors (Lipinski definition) is 3. The summed E-state index contributed by atoms with van der Waals surface area (Å²) in [4.78, 5) is 11.5. The third-order valence-corrected chi connectivity index (χ3v) is 2.37. The zero-order valence-corrected chi connectivity index (χ0v) is 7.60. The molecule has 1 unspecified atom stereocenters. The van der Waals surface area contributed by atoms with E-state index in [1.54, 1.807) is 11.4 Å². The Bertz CT molecular complexity index is 297. The number of carbonyl (C=O) groups is 1. The molecule has 0 spiro atoms. The zero-order chi connectivity index (χ0) is 8.97. The molecule has 0 aromatic carbocycles. The Balaban J connectivity index is 2.79. The molecule has 0 aliphatic carbocycles. The maximum atomic E-state index is 11.5. The van der Waals surface area contributed by atoms with Crippen LogP contribution < -0.4 is 0 Å². The van der Waals surface area contributed by atoms with Gasteiger partial charge in [-0.15, -0.1) is 0 Å². The highest BCUT2D eigenvalue weighted by molar-refractivity contribution is 7.08. The number of carbonyl (C=O) groups excluding carboxylic acids is 1. The summed E-state index contributed by atoms with van der Waals surface area (Å²) in [6, 6.07) is 3.75. The highest BCUT2D eigenvalue weighted by Gasteiger charge is 2.17. The Morgan fingerprint density at radius 3 is 3.00 bits per heavy atom. The summed E-state index contributed by atoms with van der Waals surface area (Å²) in [5.74, 6) is -0.527. The SMILES string of the molecule is CCC(C#N)C(=O)c1ccsc1. The minimum absolute atomic E-state index is 0.0544. The van der Waals surface area contributed by atoms with Crippen LogP contribution in [0.4, 0.5) is 0 Å². The number of Topliss-reactive ketones (excluding diaryl/α,β-unsaturated/α-hetero) is 1. The molecule has 1 heterocycles. The Morgan fingerprint density at radius 1 is 1.83 bits per heavy atom. The average molecular weight is 179 g/mol. The Hall–Kier alpha value is -1.14. The van der Waals surface area contributed by atoms with Gasteiger partial charge in [0.25, 0.3) is 0 Å². The Kier molecular flexibility index (Phi) is 3.01. The summed E-state index contributed by atoms with van der Waals surface area (Å²) >= 11 is 1.48. The molecule has 0 aliphatic heterocycles. The fourth-order valence-electron chi connectivity index (χ4n) is 0.941. The quantitative estimate of drug-likeness (QED) is 0.669. The second-order valence-corrected chi connectivity index (χ2v) is 3.25. The Morgan fingerprint density at radius 2 is 2.58 bits per heavy atom. The zero-order valence-electron chi connectivity index (χ0n) is 6.78. The van der Waals surface area contributed by atoms with Crippen molar-refractivity contribution in [2.24, 2.45) is 5.92 Å². The van der Waals surface area contributed by atoms with E-state index >= 15 is 0 Å². The smallest absolute Gasteiger partial charge is 0.180 e. The number of nitriles is 1. The van der Waals surface area contributed by atoms with Gasteiger partial charge in [0.05, 0.1) is 6.07 Å². The van der Waals surface area contributed by atoms with Crippen molar-refractivity contribution in [1.29, 1.82) is 5.26 Å². The predicted octanol–water partition coefficient (Wildman–Crippen LogP) is 2.48. The van der Waals surface area contributed by atoms with Crippen LogP contribution in [0.2, 0.25) is 0 Å².